The van der Waals surface area contributed by atoms with E-state index in [-0.39, 0.29) is 11.1 Å². The number of H-pyrrole nitrogens is 1. The Balaban J connectivity index is 2.62. The zero-order valence-corrected chi connectivity index (χ0v) is 8.82. The van der Waals surface area contributed by atoms with Crippen LogP contribution in [0.4, 0.5) is 0 Å². The molecule has 0 fully saturated rings. The van der Waals surface area contributed by atoms with E-state index in [2.05, 4.69) is 4.98 Å². The van der Waals surface area contributed by atoms with E-state index >= 15 is 0 Å². The summed E-state index contributed by atoms with van der Waals surface area (Å²) < 4.78 is 5.32. The number of rotatable bonds is 3. The predicted molar refractivity (Wildman–Crippen MR) is 61.1 cm³/mol. The number of pyridine rings is 1. The number of fused-ring (bicyclic) bond motifs is 1. The molecule has 4 heteroatoms. The summed E-state index contributed by atoms with van der Waals surface area (Å²) >= 11 is 0. The van der Waals surface area contributed by atoms with Crippen LogP contribution in [0.5, 0.6) is 5.75 Å². The Morgan fingerprint density at radius 2 is 2.19 bits per heavy atom. The second-order valence-corrected chi connectivity index (χ2v) is 3.35. The van der Waals surface area contributed by atoms with E-state index in [1.54, 1.807) is 18.2 Å². The zero-order chi connectivity index (χ0) is 11.5. The molecule has 0 aliphatic rings. The SMILES string of the molecule is CCOc1ccc2cc(C=O)c(=O)[nH]c2c1. The maximum atomic E-state index is 11.4. The Kier molecular flexibility index (Phi) is 2.72. The second kappa shape index (κ2) is 4.18. The van der Waals surface area contributed by atoms with Crippen LogP contribution in [0.1, 0.15) is 17.3 Å². The van der Waals surface area contributed by atoms with Crippen LogP contribution in [0.25, 0.3) is 10.9 Å². The average Bonchev–Trinajstić information content (AvgIpc) is 2.28. The van der Waals surface area contributed by atoms with Gasteiger partial charge in [-0.15, -0.1) is 0 Å². The topological polar surface area (TPSA) is 59.2 Å². The molecule has 1 aromatic carbocycles. The maximum Gasteiger partial charge on any atom is 0.259 e. The predicted octanol–water partition coefficient (Wildman–Crippen LogP) is 1.74. The Morgan fingerprint density at radius 3 is 2.88 bits per heavy atom. The summed E-state index contributed by atoms with van der Waals surface area (Å²) in [6.07, 6.45) is 0.550. The molecule has 0 aliphatic carbocycles. The molecule has 0 amide bonds. The van der Waals surface area contributed by atoms with E-state index in [9.17, 15) is 9.59 Å². The zero-order valence-electron chi connectivity index (χ0n) is 8.82. The first-order chi connectivity index (χ1) is 7.74. The third-order valence-electron chi connectivity index (χ3n) is 2.28. The molecule has 1 N–H and O–H groups in total. The van der Waals surface area contributed by atoms with Crippen molar-refractivity contribution in [1.82, 2.24) is 4.98 Å². The van der Waals surface area contributed by atoms with Gasteiger partial charge in [0.1, 0.15) is 5.75 Å². The summed E-state index contributed by atoms with van der Waals surface area (Å²) in [6.45, 7) is 2.46. The molecule has 4 nitrogen and oxygen atoms in total. The van der Waals surface area contributed by atoms with E-state index in [1.165, 1.54) is 0 Å². The third-order valence-corrected chi connectivity index (χ3v) is 2.28. The quantitative estimate of drug-likeness (QED) is 0.796. The van der Waals surface area contributed by atoms with Gasteiger partial charge in [0.05, 0.1) is 17.7 Å². The van der Waals surface area contributed by atoms with Crippen LogP contribution in [0.3, 0.4) is 0 Å². The number of benzene rings is 1. The highest BCUT2D eigenvalue weighted by atomic mass is 16.5. The van der Waals surface area contributed by atoms with E-state index < -0.39 is 0 Å². The minimum absolute atomic E-state index is 0.136. The first-order valence-corrected chi connectivity index (χ1v) is 4.99. The Morgan fingerprint density at radius 1 is 1.38 bits per heavy atom. The van der Waals surface area contributed by atoms with Gasteiger partial charge in [0.2, 0.25) is 0 Å². The van der Waals surface area contributed by atoms with Gasteiger partial charge in [-0.2, -0.15) is 0 Å². The van der Waals surface area contributed by atoms with Crippen LogP contribution in [-0.4, -0.2) is 17.9 Å². The monoisotopic (exact) mass is 217 g/mol. The fourth-order valence-electron chi connectivity index (χ4n) is 1.54. The highest BCUT2D eigenvalue weighted by molar-refractivity contribution is 5.86. The minimum atomic E-state index is -0.379. The molecule has 0 unspecified atom stereocenters. The highest BCUT2D eigenvalue weighted by Crippen LogP contribution is 2.18. The second-order valence-electron chi connectivity index (χ2n) is 3.35. The number of carbonyl (C=O) groups is 1. The summed E-state index contributed by atoms with van der Waals surface area (Å²) in [7, 11) is 0. The van der Waals surface area contributed by atoms with Crippen molar-refractivity contribution in [2.24, 2.45) is 0 Å². The lowest BCUT2D eigenvalue weighted by Gasteiger charge is -2.04. The van der Waals surface area contributed by atoms with Crippen LogP contribution in [0.2, 0.25) is 0 Å². The number of carbonyl (C=O) groups excluding carboxylic acids is 1. The number of aromatic nitrogens is 1. The molecule has 2 aromatic rings. The van der Waals surface area contributed by atoms with Crippen molar-refractivity contribution in [2.45, 2.75) is 6.92 Å². The lowest BCUT2D eigenvalue weighted by molar-refractivity contribution is 0.112. The fraction of sp³-hybridized carbons (Fsp3) is 0.167. The summed E-state index contributed by atoms with van der Waals surface area (Å²) in [5, 5.41) is 0.810. The van der Waals surface area contributed by atoms with Crippen LogP contribution >= 0.6 is 0 Å². The van der Waals surface area contributed by atoms with E-state index in [0.717, 1.165) is 5.39 Å². The van der Waals surface area contributed by atoms with E-state index in [4.69, 9.17) is 4.74 Å². The molecule has 82 valence electrons. The smallest absolute Gasteiger partial charge is 0.259 e. The molecule has 0 bridgehead atoms. The lowest BCUT2D eigenvalue weighted by Crippen LogP contribution is -2.11. The molecule has 0 saturated heterocycles. The Bertz CT molecular complexity index is 586. The lowest BCUT2D eigenvalue weighted by atomic mass is 10.1. The van der Waals surface area contributed by atoms with Crippen LogP contribution < -0.4 is 10.3 Å². The van der Waals surface area contributed by atoms with Gasteiger partial charge in [0.15, 0.2) is 6.29 Å². The van der Waals surface area contributed by atoms with Crippen molar-refractivity contribution < 1.29 is 9.53 Å². The number of nitrogens with one attached hydrogen (secondary N) is 1. The molecular weight excluding hydrogens is 206 g/mol. The Labute approximate surface area is 91.9 Å². The molecule has 0 saturated carbocycles. The van der Waals surface area contributed by atoms with E-state index in [1.807, 2.05) is 13.0 Å². The number of hydrogen-bond acceptors (Lipinski definition) is 3. The third kappa shape index (κ3) is 1.82. The summed E-state index contributed by atoms with van der Waals surface area (Å²) in [5.74, 6) is 0.699. The molecule has 0 spiro atoms. The van der Waals surface area contributed by atoms with Crippen LogP contribution in [0, 0.1) is 0 Å². The minimum Gasteiger partial charge on any atom is -0.494 e. The van der Waals surface area contributed by atoms with Crippen LogP contribution in [-0.2, 0) is 0 Å². The van der Waals surface area contributed by atoms with Gasteiger partial charge in [0.25, 0.3) is 5.56 Å². The number of ether oxygens (including phenoxy) is 1. The maximum absolute atomic E-state index is 11.4. The van der Waals surface area contributed by atoms with Crippen molar-refractivity contribution in [3.8, 4) is 5.75 Å². The van der Waals surface area contributed by atoms with Gasteiger partial charge >= 0.3 is 0 Å². The average molecular weight is 217 g/mol. The highest BCUT2D eigenvalue weighted by Gasteiger charge is 2.02. The van der Waals surface area contributed by atoms with Gasteiger partial charge in [0, 0.05) is 6.07 Å². The fourth-order valence-corrected chi connectivity index (χ4v) is 1.54. The summed E-state index contributed by atoms with van der Waals surface area (Å²) in [4.78, 5) is 24.6. The molecule has 2 rings (SSSR count). The van der Waals surface area contributed by atoms with Crippen molar-refractivity contribution in [3.05, 3.63) is 40.2 Å². The van der Waals surface area contributed by atoms with Gasteiger partial charge in [-0.25, -0.2) is 0 Å². The van der Waals surface area contributed by atoms with E-state index in [0.29, 0.717) is 24.2 Å². The first kappa shape index (κ1) is 10.4. The largest absolute Gasteiger partial charge is 0.494 e. The standard InChI is InChI=1S/C12H11NO3/c1-2-16-10-4-3-8-5-9(7-14)12(15)13-11(8)6-10/h3-7H,2H2,1H3,(H,13,15). The normalized spacial score (nSPS) is 10.3. The molecule has 0 atom stereocenters. The van der Waals surface area contributed by atoms with Crippen molar-refractivity contribution >= 4 is 17.2 Å². The number of aromatic amines is 1. The number of aldehydes is 1. The van der Waals surface area contributed by atoms with Gasteiger partial charge in [-0.3, -0.25) is 9.59 Å². The molecule has 0 radical (unpaired) electrons. The van der Waals surface area contributed by atoms with Crippen molar-refractivity contribution in [2.75, 3.05) is 6.61 Å². The molecular formula is C12H11NO3. The summed E-state index contributed by atoms with van der Waals surface area (Å²) in [6, 6.07) is 6.92. The van der Waals surface area contributed by atoms with Gasteiger partial charge in [-0.1, -0.05) is 0 Å². The van der Waals surface area contributed by atoms with Gasteiger partial charge in [-0.05, 0) is 30.5 Å². The number of hydrogen-bond donors (Lipinski definition) is 1. The molecule has 1 heterocycles. The Hall–Kier alpha value is -2.10. The van der Waals surface area contributed by atoms with Crippen molar-refractivity contribution in [3.63, 3.8) is 0 Å². The first-order valence-electron chi connectivity index (χ1n) is 4.99. The summed E-state index contributed by atoms with van der Waals surface area (Å²) in [5.41, 5.74) is 0.425. The molecule has 0 aliphatic heterocycles. The van der Waals surface area contributed by atoms with Crippen LogP contribution in [0.15, 0.2) is 29.1 Å². The molecule has 16 heavy (non-hydrogen) atoms. The van der Waals surface area contributed by atoms with Crippen molar-refractivity contribution in [1.29, 1.82) is 0 Å². The molecule has 1 aromatic heterocycles. The van der Waals surface area contributed by atoms with Gasteiger partial charge < -0.3 is 9.72 Å².